The van der Waals surface area contributed by atoms with Gasteiger partial charge in [0.05, 0.1) is 0 Å². The van der Waals surface area contributed by atoms with Crippen LogP contribution in [0.15, 0.2) is 17.3 Å². The summed E-state index contributed by atoms with van der Waals surface area (Å²) >= 11 is 4.70. The van der Waals surface area contributed by atoms with E-state index in [1.54, 1.807) is 10.7 Å². The Hall–Kier alpha value is -0.570. The summed E-state index contributed by atoms with van der Waals surface area (Å²) in [6.07, 6.45) is 1.82. The smallest absolute Gasteiger partial charge is 0.148 e. The molecule has 2 nitrogen and oxygen atoms in total. The number of nitrogens with zero attached hydrogens (tertiary/aromatic N) is 2. The molecule has 1 aromatic heterocycles. The Morgan fingerprint density at radius 1 is 1.86 bits per heavy atom. The standard InChI is InChI=1S/C4H5N2S/c1-6-3-2-4(7)5-6/h2-3H,1H3. The molecular formula is C4H5N2S. The van der Waals surface area contributed by atoms with Crippen LogP contribution in [0.2, 0.25) is 0 Å². The first-order valence-electron chi connectivity index (χ1n) is 1.96. The molecule has 7 heavy (non-hydrogen) atoms. The summed E-state index contributed by atoms with van der Waals surface area (Å²) in [7, 11) is 1.84. The van der Waals surface area contributed by atoms with Gasteiger partial charge in [0.25, 0.3) is 0 Å². The molecule has 0 N–H and O–H groups in total. The predicted octanol–water partition coefficient (Wildman–Crippen LogP) is 0.976. The molecule has 1 heterocycles. The summed E-state index contributed by atoms with van der Waals surface area (Å²) in [6, 6.07) is 1.79. The second kappa shape index (κ2) is 1.50. The minimum absolute atomic E-state index is 0.655. The lowest BCUT2D eigenvalue weighted by molar-refractivity contribution is 0.739. The van der Waals surface area contributed by atoms with Crippen molar-refractivity contribution in [3.63, 3.8) is 0 Å². The number of rotatable bonds is 0. The third-order valence-corrected chi connectivity index (χ3v) is 0.907. The highest BCUT2D eigenvalue weighted by Crippen LogP contribution is 1.96. The van der Waals surface area contributed by atoms with Crippen molar-refractivity contribution >= 4 is 12.6 Å². The first kappa shape index (κ1) is 4.59. The molecule has 0 bridgehead atoms. The SMILES string of the molecule is Cn1ccc([S])n1. The summed E-state index contributed by atoms with van der Waals surface area (Å²) in [5.74, 6) is 0. The van der Waals surface area contributed by atoms with Gasteiger partial charge in [-0.05, 0) is 6.07 Å². The third kappa shape index (κ3) is 0.899. The maximum Gasteiger partial charge on any atom is 0.148 e. The van der Waals surface area contributed by atoms with E-state index in [1.807, 2.05) is 13.2 Å². The highest BCUT2D eigenvalue weighted by Gasteiger charge is 1.84. The van der Waals surface area contributed by atoms with E-state index in [-0.39, 0.29) is 0 Å². The van der Waals surface area contributed by atoms with Gasteiger partial charge in [-0.3, -0.25) is 4.68 Å². The number of hydrogen-bond acceptors (Lipinski definition) is 1. The van der Waals surface area contributed by atoms with Gasteiger partial charge in [-0.25, -0.2) is 0 Å². The molecule has 1 aromatic rings. The van der Waals surface area contributed by atoms with Gasteiger partial charge in [-0.2, -0.15) is 5.10 Å². The van der Waals surface area contributed by atoms with Crippen LogP contribution in [0, 0.1) is 0 Å². The molecule has 0 aliphatic rings. The van der Waals surface area contributed by atoms with Gasteiger partial charge in [0.15, 0.2) is 0 Å². The average molecular weight is 113 g/mol. The fourth-order valence-corrected chi connectivity index (χ4v) is 0.583. The van der Waals surface area contributed by atoms with Crippen molar-refractivity contribution < 1.29 is 0 Å². The zero-order valence-electron chi connectivity index (χ0n) is 3.96. The highest BCUT2D eigenvalue weighted by molar-refractivity contribution is 7.80. The maximum atomic E-state index is 4.70. The van der Waals surface area contributed by atoms with Crippen LogP contribution in [-0.2, 0) is 7.05 Å². The molecule has 0 aliphatic carbocycles. The van der Waals surface area contributed by atoms with Crippen molar-refractivity contribution in [2.75, 3.05) is 0 Å². The molecule has 1 rings (SSSR count). The third-order valence-electron chi connectivity index (χ3n) is 0.689. The second-order valence-corrected chi connectivity index (χ2v) is 1.75. The van der Waals surface area contributed by atoms with E-state index in [4.69, 9.17) is 12.6 Å². The van der Waals surface area contributed by atoms with Crippen molar-refractivity contribution in [1.82, 2.24) is 9.78 Å². The summed E-state index contributed by atoms with van der Waals surface area (Å²) in [4.78, 5) is 0. The van der Waals surface area contributed by atoms with Gasteiger partial charge < -0.3 is 0 Å². The summed E-state index contributed by atoms with van der Waals surface area (Å²) in [5.41, 5.74) is 0. The van der Waals surface area contributed by atoms with Crippen molar-refractivity contribution in [3.05, 3.63) is 12.3 Å². The van der Waals surface area contributed by atoms with E-state index in [2.05, 4.69) is 5.10 Å². The molecule has 0 aromatic carbocycles. The summed E-state index contributed by atoms with van der Waals surface area (Å²) in [6.45, 7) is 0. The monoisotopic (exact) mass is 113 g/mol. The normalized spacial score (nSPS) is 9.29. The minimum Gasteiger partial charge on any atom is -0.274 e. The fourth-order valence-electron chi connectivity index (χ4n) is 0.394. The van der Waals surface area contributed by atoms with Crippen LogP contribution in [0.25, 0.3) is 0 Å². The molecule has 0 unspecified atom stereocenters. The van der Waals surface area contributed by atoms with Gasteiger partial charge in [0, 0.05) is 13.2 Å². The highest BCUT2D eigenvalue weighted by atomic mass is 32.1. The Kier molecular flexibility index (Phi) is 0.982. The quantitative estimate of drug-likeness (QED) is 0.490. The van der Waals surface area contributed by atoms with E-state index in [0.717, 1.165) is 0 Å². The Morgan fingerprint density at radius 2 is 2.57 bits per heavy atom. The Labute approximate surface area is 47.6 Å². The van der Waals surface area contributed by atoms with Crippen molar-refractivity contribution in [1.29, 1.82) is 0 Å². The molecule has 0 atom stereocenters. The van der Waals surface area contributed by atoms with Crippen LogP contribution in [0.1, 0.15) is 0 Å². The zero-order valence-corrected chi connectivity index (χ0v) is 4.77. The lowest BCUT2D eigenvalue weighted by Crippen LogP contribution is -1.84. The van der Waals surface area contributed by atoms with Crippen LogP contribution >= 0.6 is 12.6 Å². The van der Waals surface area contributed by atoms with Crippen molar-refractivity contribution in [3.8, 4) is 0 Å². The average Bonchev–Trinajstić information content (AvgIpc) is 1.87. The van der Waals surface area contributed by atoms with Gasteiger partial charge in [-0.15, -0.1) is 0 Å². The lowest BCUT2D eigenvalue weighted by atomic mass is 10.7. The van der Waals surface area contributed by atoms with Gasteiger partial charge in [-0.1, -0.05) is 12.6 Å². The Bertz CT molecular complexity index is 142. The molecule has 3 heteroatoms. The van der Waals surface area contributed by atoms with Crippen LogP contribution in [0.5, 0.6) is 0 Å². The van der Waals surface area contributed by atoms with Gasteiger partial charge in [0.2, 0.25) is 0 Å². The van der Waals surface area contributed by atoms with E-state index >= 15 is 0 Å². The summed E-state index contributed by atoms with van der Waals surface area (Å²) in [5, 5.41) is 4.50. The van der Waals surface area contributed by atoms with E-state index in [9.17, 15) is 0 Å². The first-order valence-corrected chi connectivity index (χ1v) is 2.36. The molecule has 0 saturated carbocycles. The van der Waals surface area contributed by atoms with Crippen LogP contribution in [-0.4, -0.2) is 9.78 Å². The van der Waals surface area contributed by atoms with E-state index in [1.165, 1.54) is 0 Å². The van der Waals surface area contributed by atoms with Crippen molar-refractivity contribution in [2.24, 2.45) is 7.05 Å². The summed E-state index contributed by atoms with van der Waals surface area (Å²) < 4.78 is 1.68. The minimum atomic E-state index is 0.655. The van der Waals surface area contributed by atoms with Gasteiger partial charge >= 0.3 is 0 Å². The molecule has 37 valence electrons. The van der Waals surface area contributed by atoms with E-state index in [0.29, 0.717) is 5.03 Å². The Balaban J connectivity index is 3.04. The molecule has 0 saturated heterocycles. The molecule has 0 spiro atoms. The molecule has 0 fully saturated rings. The molecule has 0 amide bonds. The molecule has 0 aliphatic heterocycles. The van der Waals surface area contributed by atoms with Crippen LogP contribution in [0.4, 0.5) is 0 Å². The topological polar surface area (TPSA) is 17.8 Å². The zero-order chi connectivity index (χ0) is 5.28. The lowest BCUT2D eigenvalue weighted by Gasteiger charge is -1.78. The fraction of sp³-hybridized carbons (Fsp3) is 0.250. The number of aryl methyl sites for hydroxylation is 1. The van der Waals surface area contributed by atoms with Crippen molar-refractivity contribution in [2.45, 2.75) is 5.03 Å². The number of aromatic nitrogens is 2. The second-order valence-electron chi connectivity index (χ2n) is 1.33. The maximum absolute atomic E-state index is 4.70. The van der Waals surface area contributed by atoms with Gasteiger partial charge in [0.1, 0.15) is 5.03 Å². The molecular weight excluding hydrogens is 108 g/mol. The Morgan fingerprint density at radius 3 is 2.71 bits per heavy atom. The van der Waals surface area contributed by atoms with E-state index < -0.39 is 0 Å². The molecule has 1 radical (unpaired) electrons. The largest absolute Gasteiger partial charge is 0.274 e. The predicted molar refractivity (Wildman–Crippen MR) is 29.1 cm³/mol. The first-order chi connectivity index (χ1) is 3.29. The number of hydrogen-bond donors (Lipinski definition) is 0. The van der Waals surface area contributed by atoms with Crippen LogP contribution < -0.4 is 0 Å². The van der Waals surface area contributed by atoms with Crippen LogP contribution in [0.3, 0.4) is 0 Å².